The zero-order chi connectivity index (χ0) is 62.1. The van der Waals surface area contributed by atoms with E-state index in [2.05, 4.69) is 289 Å². The molecule has 0 fully saturated rings. The number of benzene rings is 11. The minimum atomic E-state index is -0.240. The summed E-state index contributed by atoms with van der Waals surface area (Å²) >= 11 is 0. The van der Waals surface area contributed by atoms with Crippen LogP contribution >= 0.6 is 0 Å². The minimum Gasteiger partial charge on any atom is -0.486 e. The lowest BCUT2D eigenvalue weighted by Crippen LogP contribution is -2.61. The van der Waals surface area contributed by atoms with Crippen molar-refractivity contribution in [3.63, 3.8) is 0 Å². The van der Waals surface area contributed by atoms with Gasteiger partial charge >= 0.3 is 0 Å². The third kappa shape index (κ3) is 9.93. The van der Waals surface area contributed by atoms with Crippen LogP contribution in [0.1, 0.15) is 79.0 Å². The fraction of sp³-hybridized carbons (Fsp3) is 0.195. The van der Waals surface area contributed by atoms with Gasteiger partial charge in [0.05, 0.1) is 11.4 Å². The van der Waals surface area contributed by atoms with Crippen LogP contribution < -0.4 is 50.0 Å². The van der Waals surface area contributed by atoms with Gasteiger partial charge in [-0.25, -0.2) is 0 Å². The molecule has 0 unspecified atom stereocenters. The van der Waals surface area contributed by atoms with Crippen LogP contribution in [0.2, 0.25) is 0 Å². The molecule has 0 amide bonds. The van der Waals surface area contributed by atoms with Crippen LogP contribution in [0.4, 0.5) is 51.2 Å². The van der Waals surface area contributed by atoms with Gasteiger partial charge in [0, 0.05) is 62.9 Å². The second-order valence-corrected chi connectivity index (χ2v) is 27.9. The van der Waals surface area contributed by atoms with E-state index in [9.17, 15) is 0 Å². The third-order valence-electron chi connectivity index (χ3n) is 18.8. The summed E-state index contributed by atoms with van der Waals surface area (Å²) < 4.78 is 32.2. The second-order valence-electron chi connectivity index (χ2n) is 27.9. The Balaban J connectivity index is 0.976. The van der Waals surface area contributed by atoms with E-state index in [-0.39, 0.29) is 23.0 Å². The largest absolute Gasteiger partial charge is 0.486 e. The van der Waals surface area contributed by atoms with Crippen LogP contribution in [-0.2, 0) is 16.2 Å². The normalized spacial score (nSPS) is 14.1. The molecule has 0 spiro atoms. The molecule has 0 aliphatic carbocycles. The number of para-hydroxylation sites is 1. The highest BCUT2D eigenvalue weighted by atomic mass is 16.6. The maximum absolute atomic E-state index is 6.55. The SMILES string of the molecule is CC(C)(C)c1ccc(-c2cccc(N3c4cc(-c5ccc(C(C)(C)C)cc5)ccc4B4c5cc6c(cc5N(c5ccc7c(c5)OCCO7)c5cc(N(c7ccc(C(C)(C)C)cc7)c7ccc8cc(-c9cc%10ccccc%10o9)ccc8c7)cc3c54)OCCO6)c2)cc1. The molecular weight excluding hydrogens is 1120 g/mol. The van der Waals surface area contributed by atoms with E-state index in [1.807, 2.05) is 12.1 Å². The molecule has 1 aromatic heterocycles. The summed E-state index contributed by atoms with van der Waals surface area (Å²) in [6, 6.07) is 83.2. The lowest BCUT2D eigenvalue weighted by molar-refractivity contribution is 0.171. The van der Waals surface area contributed by atoms with Gasteiger partial charge in [-0.2, -0.15) is 0 Å². The molecule has 0 atom stereocenters. The van der Waals surface area contributed by atoms with Gasteiger partial charge in [0.15, 0.2) is 23.0 Å². The fourth-order valence-electron chi connectivity index (χ4n) is 13.9. The fourth-order valence-corrected chi connectivity index (χ4v) is 13.9. The summed E-state index contributed by atoms with van der Waals surface area (Å²) in [5.41, 5.74) is 22.9. The molecule has 12 aromatic rings. The lowest BCUT2D eigenvalue weighted by atomic mass is 9.33. The van der Waals surface area contributed by atoms with Gasteiger partial charge < -0.3 is 38.1 Å². The molecule has 4 aliphatic rings. The van der Waals surface area contributed by atoms with E-state index in [4.69, 9.17) is 23.4 Å². The molecule has 0 saturated carbocycles. The Bertz CT molecular complexity index is 4820. The van der Waals surface area contributed by atoms with Gasteiger partial charge in [-0.15, -0.1) is 0 Å². The number of ether oxygens (including phenoxy) is 4. The van der Waals surface area contributed by atoms with Gasteiger partial charge in [0.1, 0.15) is 37.8 Å². The van der Waals surface area contributed by atoms with E-state index < -0.39 is 0 Å². The van der Waals surface area contributed by atoms with Crippen molar-refractivity contribution in [3.8, 4) is 56.6 Å². The number of anilines is 9. The Labute approximate surface area is 533 Å². The van der Waals surface area contributed by atoms with E-state index in [0.29, 0.717) is 37.9 Å². The summed E-state index contributed by atoms with van der Waals surface area (Å²) in [6.07, 6.45) is 0. The summed E-state index contributed by atoms with van der Waals surface area (Å²) in [4.78, 5) is 7.41. The molecule has 4 aliphatic heterocycles. The number of hydrogen-bond acceptors (Lipinski definition) is 8. The number of hydrogen-bond donors (Lipinski definition) is 0. The molecule has 11 aromatic carbocycles. The van der Waals surface area contributed by atoms with Gasteiger partial charge in [-0.3, -0.25) is 0 Å². The smallest absolute Gasteiger partial charge is 0.252 e. The maximum Gasteiger partial charge on any atom is 0.252 e. The molecule has 0 N–H and O–H groups in total. The van der Waals surface area contributed by atoms with Crippen molar-refractivity contribution < 1.29 is 23.4 Å². The standard InChI is InChI=1S/C82H72BN3O5/c1-80(2,3)59-25-19-51(20-26-59)53-14-12-15-63(42-53)85-69-44-56(52-21-27-60(28-22-52)81(4,5)6)24-35-67(69)83-68-49-77-78(90-40-39-89-77)50-70(68)86(65-34-36-74-76(48-65)88-38-37-87-74)72-47-66(46-71(85)79(72)83)84(62-32-29-61(30-33-62)82(7,8)9)64-31-23-54-41-58(18-17-55(54)43-64)75-45-57-13-10-11-16-73(57)91-75/h10-36,41-50H,37-40H2,1-9H3. The average Bonchev–Trinajstić information content (AvgIpc) is 0.936. The first kappa shape index (κ1) is 56.1. The lowest BCUT2D eigenvalue weighted by Gasteiger charge is -2.45. The molecule has 9 heteroatoms. The molecule has 5 heterocycles. The summed E-state index contributed by atoms with van der Waals surface area (Å²) in [5, 5.41) is 3.31. The average molecular weight is 1190 g/mol. The topological polar surface area (TPSA) is 59.8 Å². The Hall–Kier alpha value is -10.1. The Morgan fingerprint density at radius 1 is 0.341 bits per heavy atom. The summed E-state index contributed by atoms with van der Waals surface area (Å²) in [5.74, 6) is 3.73. The molecule has 8 nitrogen and oxygen atoms in total. The first-order valence-corrected chi connectivity index (χ1v) is 32.0. The zero-order valence-corrected chi connectivity index (χ0v) is 53.2. The molecule has 0 bridgehead atoms. The van der Waals surface area contributed by atoms with Crippen molar-refractivity contribution in [2.75, 3.05) is 41.1 Å². The van der Waals surface area contributed by atoms with E-state index in [1.54, 1.807) is 0 Å². The highest BCUT2D eigenvalue weighted by Crippen LogP contribution is 2.52. The number of fused-ring (bicyclic) bond motifs is 8. The zero-order valence-electron chi connectivity index (χ0n) is 53.2. The van der Waals surface area contributed by atoms with Crippen molar-refractivity contribution >= 4 is 96.0 Å². The highest BCUT2D eigenvalue weighted by molar-refractivity contribution is 7.00. The van der Waals surface area contributed by atoms with Crippen molar-refractivity contribution in [1.29, 1.82) is 0 Å². The maximum atomic E-state index is 6.55. The van der Waals surface area contributed by atoms with E-state index in [0.717, 1.165) is 129 Å². The van der Waals surface area contributed by atoms with Gasteiger partial charge in [-0.1, -0.05) is 184 Å². The summed E-state index contributed by atoms with van der Waals surface area (Å²) in [6.45, 7) is 22.1. The van der Waals surface area contributed by atoms with Crippen molar-refractivity contribution in [1.82, 2.24) is 0 Å². The van der Waals surface area contributed by atoms with Crippen LogP contribution in [0.15, 0.2) is 229 Å². The predicted octanol–water partition coefficient (Wildman–Crippen LogP) is 19.6. The van der Waals surface area contributed by atoms with Gasteiger partial charge in [0.2, 0.25) is 0 Å². The Morgan fingerprint density at radius 2 is 0.868 bits per heavy atom. The van der Waals surface area contributed by atoms with Crippen LogP contribution in [0.5, 0.6) is 23.0 Å². The number of rotatable bonds is 8. The molecule has 91 heavy (non-hydrogen) atoms. The monoisotopic (exact) mass is 1190 g/mol. The van der Waals surface area contributed by atoms with E-state index in [1.165, 1.54) is 22.2 Å². The molecule has 0 saturated heterocycles. The Morgan fingerprint density at radius 3 is 1.52 bits per heavy atom. The van der Waals surface area contributed by atoms with Gasteiger partial charge in [-0.05, 0) is 173 Å². The summed E-state index contributed by atoms with van der Waals surface area (Å²) in [7, 11) is 0. The van der Waals surface area contributed by atoms with Gasteiger partial charge in [0.25, 0.3) is 6.71 Å². The molecule has 16 rings (SSSR count). The van der Waals surface area contributed by atoms with Crippen molar-refractivity contribution in [2.45, 2.75) is 78.6 Å². The van der Waals surface area contributed by atoms with Crippen LogP contribution in [0, 0.1) is 0 Å². The Kier molecular flexibility index (Phi) is 13.1. The van der Waals surface area contributed by atoms with Crippen LogP contribution in [-0.4, -0.2) is 33.1 Å². The minimum absolute atomic E-state index is 0.00760. The molecule has 448 valence electrons. The van der Waals surface area contributed by atoms with Crippen LogP contribution in [0.25, 0.3) is 55.3 Å². The first-order chi connectivity index (χ1) is 43.9. The highest BCUT2D eigenvalue weighted by Gasteiger charge is 2.45. The number of furan rings is 1. The third-order valence-corrected chi connectivity index (χ3v) is 18.8. The first-order valence-electron chi connectivity index (χ1n) is 32.0. The van der Waals surface area contributed by atoms with Crippen molar-refractivity contribution in [2.24, 2.45) is 0 Å². The molecular formula is C82H72BN3O5. The van der Waals surface area contributed by atoms with Crippen molar-refractivity contribution in [3.05, 3.63) is 241 Å². The van der Waals surface area contributed by atoms with E-state index >= 15 is 0 Å². The second kappa shape index (κ2) is 21.3. The number of nitrogens with zero attached hydrogens (tertiary/aromatic N) is 3. The predicted molar refractivity (Wildman–Crippen MR) is 377 cm³/mol. The van der Waals surface area contributed by atoms with Crippen LogP contribution in [0.3, 0.4) is 0 Å². The quantitative estimate of drug-likeness (QED) is 0.140. The molecule has 0 radical (unpaired) electrons.